The lowest BCUT2D eigenvalue weighted by Gasteiger charge is -2.22. The van der Waals surface area contributed by atoms with Crippen LogP contribution in [-0.4, -0.2) is 6.04 Å². The van der Waals surface area contributed by atoms with Crippen LogP contribution >= 0.6 is 0 Å². The highest BCUT2D eigenvalue weighted by Gasteiger charge is 2.12. The Bertz CT molecular complexity index is 292. The van der Waals surface area contributed by atoms with Crippen LogP contribution in [0.1, 0.15) is 32.3 Å². The molecule has 0 aromatic heterocycles. The number of hydrogen-bond donors (Lipinski definition) is 1. The van der Waals surface area contributed by atoms with Crippen LogP contribution in [0.2, 0.25) is 0 Å². The van der Waals surface area contributed by atoms with Crippen molar-refractivity contribution in [3.8, 4) is 0 Å². The number of nitrogens with one attached hydrogen (secondary N) is 1. The molecule has 0 spiro atoms. The van der Waals surface area contributed by atoms with Crippen molar-refractivity contribution in [1.29, 1.82) is 0 Å². The summed E-state index contributed by atoms with van der Waals surface area (Å²) in [6.07, 6.45) is 4.46. The highest BCUT2D eigenvalue weighted by Crippen LogP contribution is 2.11. The number of benzene rings is 1. The molecule has 0 aliphatic carbocycles. The van der Waals surface area contributed by atoms with E-state index in [1.54, 1.807) is 0 Å². The van der Waals surface area contributed by atoms with Gasteiger partial charge in [-0.25, -0.2) is 0 Å². The molecule has 0 saturated heterocycles. The Balaban J connectivity index is 2.46. The van der Waals surface area contributed by atoms with Crippen LogP contribution in [0.3, 0.4) is 0 Å². The van der Waals surface area contributed by atoms with Gasteiger partial charge in [-0.2, -0.15) is 0 Å². The molecule has 88 valence electrons. The molecule has 0 bridgehead atoms. The Kier molecular flexibility index (Phi) is 5.87. The Morgan fingerprint density at radius 2 is 2.00 bits per heavy atom. The van der Waals surface area contributed by atoms with Crippen molar-refractivity contribution in [1.82, 2.24) is 5.32 Å². The fraction of sp³-hybridized carbons (Fsp3) is 0.467. The van der Waals surface area contributed by atoms with Crippen molar-refractivity contribution in [2.24, 2.45) is 5.92 Å². The van der Waals surface area contributed by atoms with Crippen LogP contribution in [0.25, 0.3) is 0 Å². The molecule has 1 aromatic carbocycles. The molecular formula is C15H23N. The van der Waals surface area contributed by atoms with E-state index in [2.05, 4.69) is 56.1 Å². The summed E-state index contributed by atoms with van der Waals surface area (Å²) >= 11 is 0. The Morgan fingerprint density at radius 1 is 1.31 bits per heavy atom. The molecule has 2 atom stereocenters. The van der Waals surface area contributed by atoms with Gasteiger partial charge in [-0.05, 0) is 17.9 Å². The van der Waals surface area contributed by atoms with Crippen molar-refractivity contribution in [3.63, 3.8) is 0 Å². The first-order chi connectivity index (χ1) is 7.77. The van der Waals surface area contributed by atoms with Gasteiger partial charge in [0, 0.05) is 12.6 Å². The van der Waals surface area contributed by atoms with E-state index in [1.165, 1.54) is 18.4 Å². The zero-order valence-electron chi connectivity index (χ0n) is 10.4. The molecule has 0 unspecified atom stereocenters. The number of rotatable bonds is 7. The second-order valence-electron chi connectivity index (χ2n) is 4.36. The highest BCUT2D eigenvalue weighted by atomic mass is 14.9. The minimum Gasteiger partial charge on any atom is -0.309 e. The minimum absolute atomic E-state index is 0.531. The summed E-state index contributed by atoms with van der Waals surface area (Å²) < 4.78 is 0. The van der Waals surface area contributed by atoms with Gasteiger partial charge in [-0.1, -0.05) is 56.7 Å². The molecule has 0 aliphatic rings. The Hall–Kier alpha value is -1.08. The van der Waals surface area contributed by atoms with Gasteiger partial charge >= 0.3 is 0 Å². The summed E-state index contributed by atoms with van der Waals surface area (Å²) in [6.45, 7) is 9.28. The van der Waals surface area contributed by atoms with Crippen LogP contribution < -0.4 is 5.32 Å². The largest absolute Gasteiger partial charge is 0.309 e. The fourth-order valence-electron chi connectivity index (χ4n) is 1.87. The fourth-order valence-corrected chi connectivity index (χ4v) is 1.87. The summed E-state index contributed by atoms with van der Waals surface area (Å²) in [7, 11) is 0. The third-order valence-electron chi connectivity index (χ3n) is 3.02. The first-order valence-electron chi connectivity index (χ1n) is 6.17. The summed E-state index contributed by atoms with van der Waals surface area (Å²) in [5.74, 6) is 0.531. The van der Waals surface area contributed by atoms with Crippen LogP contribution in [0, 0.1) is 5.92 Å². The van der Waals surface area contributed by atoms with E-state index in [0.717, 1.165) is 6.54 Å². The van der Waals surface area contributed by atoms with Gasteiger partial charge in [0.25, 0.3) is 0 Å². The first-order valence-corrected chi connectivity index (χ1v) is 6.17. The molecule has 16 heavy (non-hydrogen) atoms. The lowest BCUT2D eigenvalue weighted by atomic mass is 9.97. The van der Waals surface area contributed by atoms with Crippen molar-refractivity contribution >= 4 is 0 Å². The van der Waals surface area contributed by atoms with Gasteiger partial charge in [0.05, 0.1) is 0 Å². The molecule has 0 amide bonds. The maximum atomic E-state index is 3.88. The maximum absolute atomic E-state index is 3.88. The van der Waals surface area contributed by atoms with Crippen LogP contribution in [-0.2, 0) is 6.54 Å². The predicted molar refractivity (Wildman–Crippen MR) is 71.3 cm³/mol. The molecule has 1 heteroatoms. The zero-order valence-corrected chi connectivity index (χ0v) is 10.4. The van der Waals surface area contributed by atoms with Crippen LogP contribution in [0.15, 0.2) is 43.0 Å². The van der Waals surface area contributed by atoms with E-state index >= 15 is 0 Å². The Morgan fingerprint density at radius 3 is 2.56 bits per heavy atom. The number of hydrogen-bond acceptors (Lipinski definition) is 1. The van der Waals surface area contributed by atoms with Gasteiger partial charge in [0.15, 0.2) is 0 Å². The topological polar surface area (TPSA) is 12.0 Å². The lowest BCUT2D eigenvalue weighted by molar-refractivity contribution is 0.400. The van der Waals surface area contributed by atoms with E-state index in [0.29, 0.717) is 12.0 Å². The summed E-state index contributed by atoms with van der Waals surface area (Å²) in [6, 6.07) is 11.1. The van der Waals surface area contributed by atoms with Gasteiger partial charge in [0.1, 0.15) is 0 Å². The summed E-state index contributed by atoms with van der Waals surface area (Å²) in [5.41, 5.74) is 1.35. The molecule has 1 N–H and O–H groups in total. The summed E-state index contributed by atoms with van der Waals surface area (Å²) in [5, 5.41) is 3.62. The molecule has 1 aromatic rings. The molecule has 0 radical (unpaired) electrons. The van der Waals surface area contributed by atoms with E-state index in [-0.39, 0.29) is 0 Å². The van der Waals surface area contributed by atoms with E-state index in [1.807, 2.05) is 6.08 Å². The highest BCUT2D eigenvalue weighted by molar-refractivity contribution is 5.14. The van der Waals surface area contributed by atoms with E-state index < -0.39 is 0 Å². The second-order valence-corrected chi connectivity index (χ2v) is 4.36. The van der Waals surface area contributed by atoms with Gasteiger partial charge in [-0.3, -0.25) is 0 Å². The third-order valence-corrected chi connectivity index (χ3v) is 3.02. The maximum Gasteiger partial charge on any atom is 0.0208 e. The quantitative estimate of drug-likeness (QED) is 0.686. The van der Waals surface area contributed by atoms with E-state index in [4.69, 9.17) is 0 Å². The smallest absolute Gasteiger partial charge is 0.0208 e. The van der Waals surface area contributed by atoms with Gasteiger partial charge in [0.2, 0.25) is 0 Å². The van der Waals surface area contributed by atoms with Crippen molar-refractivity contribution in [3.05, 3.63) is 48.6 Å². The first kappa shape index (κ1) is 13.0. The Labute approximate surface area is 99.6 Å². The average Bonchev–Trinajstić information content (AvgIpc) is 2.34. The molecule has 0 aliphatic heterocycles. The normalized spacial score (nSPS) is 14.4. The zero-order chi connectivity index (χ0) is 11.8. The van der Waals surface area contributed by atoms with Gasteiger partial charge < -0.3 is 5.32 Å². The van der Waals surface area contributed by atoms with Crippen molar-refractivity contribution in [2.75, 3.05) is 0 Å². The SMILES string of the molecule is C=C[C@@H](C)[C@H](CCC)NCc1ccccc1. The predicted octanol–water partition coefficient (Wildman–Crippen LogP) is 3.77. The molecule has 1 rings (SSSR count). The van der Waals surface area contributed by atoms with E-state index in [9.17, 15) is 0 Å². The molecule has 0 saturated carbocycles. The molecular weight excluding hydrogens is 194 g/mol. The van der Waals surface area contributed by atoms with Gasteiger partial charge in [-0.15, -0.1) is 6.58 Å². The monoisotopic (exact) mass is 217 g/mol. The van der Waals surface area contributed by atoms with Crippen LogP contribution in [0.5, 0.6) is 0 Å². The lowest BCUT2D eigenvalue weighted by Crippen LogP contribution is -2.33. The van der Waals surface area contributed by atoms with Crippen molar-refractivity contribution < 1.29 is 0 Å². The molecule has 0 fully saturated rings. The minimum atomic E-state index is 0.531. The van der Waals surface area contributed by atoms with Crippen molar-refractivity contribution in [2.45, 2.75) is 39.3 Å². The van der Waals surface area contributed by atoms with Crippen LogP contribution in [0.4, 0.5) is 0 Å². The summed E-state index contributed by atoms with van der Waals surface area (Å²) in [4.78, 5) is 0. The average molecular weight is 217 g/mol. The second kappa shape index (κ2) is 7.24. The third kappa shape index (κ3) is 4.19. The molecule has 1 nitrogen and oxygen atoms in total. The standard InChI is InChI=1S/C15H23N/c1-4-9-15(13(3)5-2)16-12-14-10-7-6-8-11-14/h5-8,10-11,13,15-16H,2,4,9,12H2,1,3H3/t13-,15+/m1/s1. The molecule has 0 heterocycles.